The van der Waals surface area contributed by atoms with Gasteiger partial charge in [0.2, 0.25) is 0 Å². The van der Waals surface area contributed by atoms with Crippen molar-refractivity contribution in [3.63, 3.8) is 0 Å². The number of nitrogens with zero attached hydrogens (tertiary/aromatic N) is 2. The lowest BCUT2D eigenvalue weighted by Crippen LogP contribution is -2.37. The van der Waals surface area contributed by atoms with Gasteiger partial charge in [0.05, 0.1) is 11.2 Å². The summed E-state index contributed by atoms with van der Waals surface area (Å²) in [4.78, 5) is 13.7. The van der Waals surface area contributed by atoms with Crippen LogP contribution in [0.1, 0.15) is 17.5 Å². The first-order valence-electron chi connectivity index (χ1n) is 10.8. The third-order valence-electron chi connectivity index (χ3n) is 5.35. The molecule has 1 saturated heterocycles. The van der Waals surface area contributed by atoms with Gasteiger partial charge in [-0.3, -0.25) is 9.62 Å². The van der Waals surface area contributed by atoms with Gasteiger partial charge in [-0.2, -0.15) is 13.2 Å². The number of rotatable bonds is 8. The van der Waals surface area contributed by atoms with Gasteiger partial charge in [-0.25, -0.2) is 35.8 Å². The Bertz CT molecular complexity index is 1430. The average molecular weight is 601 g/mol. The van der Waals surface area contributed by atoms with Crippen LogP contribution in [0.3, 0.4) is 0 Å². The number of halogens is 7. The highest BCUT2D eigenvalue weighted by Gasteiger charge is 2.38. The van der Waals surface area contributed by atoms with Crippen LogP contribution in [0.25, 0.3) is 0 Å². The van der Waals surface area contributed by atoms with Crippen LogP contribution in [-0.4, -0.2) is 48.6 Å². The Kier molecular flexibility index (Phi) is 9.39. The maximum atomic E-state index is 14.6. The number of aromatic nitrogens is 1. The summed E-state index contributed by atoms with van der Waals surface area (Å²) in [7, 11) is -4.41. The van der Waals surface area contributed by atoms with Crippen LogP contribution in [0.15, 0.2) is 40.1 Å². The number of carboxylic acid groups (broad SMARTS) is 1. The topological polar surface area (TPSA) is 112 Å². The summed E-state index contributed by atoms with van der Waals surface area (Å²) < 4.78 is 116. The molecule has 17 heteroatoms. The number of hydrogen-bond donors (Lipinski definition) is 3. The fourth-order valence-electron chi connectivity index (χ4n) is 3.28. The van der Waals surface area contributed by atoms with Crippen LogP contribution in [0.2, 0.25) is 0 Å². The van der Waals surface area contributed by atoms with Crippen LogP contribution in [-0.2, 0) is 27.9 Å². The minimum atomic E-state index is -5.08. The smallest absolute Gasteiger partial charge is 0.475 e. The molecule has 0 unspecified atom stereocenters. The molecular weight excluding hydrogens is 581 g/mol. The molecule has 0 spiro atoms. The van der Waals surface area contributed by atoms with E-state index < -0.39 is 50.3 Å². The Balaban J connectivity index is 0.000000532. The zero-order valence-corrected chi connectivity index (χ0v) is 21.2. The molecule has 0 atom stereocenters. The molecule has 1 aromatic heterocycles. The Labute approximate surface area is 221 Å². The van der Waals surface area contributed by atoms with Gasteiger partial charge >= 0.3 is 12.1 Å². The van der Waals surface area contributed by atoms with E-state index in [1.54, 1.807) is 0 Å². The lowest BCUT2D eigenvalue weighted by Gasteiger charge is -2.31. The molecule has 4 rings (SSSR count). The number of aliphatic carboxylic acids is 1. The quantitative estimate of drug-likeness (QED) is 0.314. The largest absolute Gasteiger partial charge is 0.490 e. The van der Waals surface area contributed by atoms with Gasteiger partial charge in [0.1, 0.15) is 16.5 Å². The maximum Gasteiger partial charge on any atom is 0.490 e. The molecule has 1 aliphatic heterocycles. The highest BCUT2D eigenvalue weighted by atomic mass is 32.2. The molecule has 212 valence electrons. The van der Waals surface area contributed by atoms with Gasteiger partial charge in [-0.15, -0.1) is 11.3 Å². The summed E-state index contributed by atoms with van der Waals surface area (Å²) in [6.07, 6.45) is -4.11. The van der Waals surface area contributed by atoms with Gasteiger partial charge in [-0.05, 0) is 43.8 Å². The van der Waals surface area contributed by atoms with E-state index in [0.717, 1.165) is 55.1 Å². The number of likely N-dealkylation sites (tertiary alicyclic amines) is 1. The van der Waals surface area contributed by atoms with Crippen molar-refractivity contribution in [2.24, 2.45) is 0 Å². The fourth-order valence-corrected chi connectivity index (χ4v) is 4.90. The van der Waals surface area contributed by atoms with Crippen molar-refractivity contribution in [1.82, 2.24) is 9.88 Å². The first-order valence-corrected chi connectivity index (χ1v) is 13.2. The second-order valence-corrected chi connectivity index (χ2v) is 10.4. The molecule has 3 aromatic rings. The average Bonchev–Trinajstić information content (AvgIpc) is 3.32. The lowest BCUT2D eigenvalue weighted by molar-refractivity contribution is -0.192. The number of alkyl halides is 3. The molecule has 0 saturated carbocycles. The molecular formula is C22H19F7N4O4S2. The Morgan fingerprint density at radius 1 is 1.03 bits per heavy atom. The number of benzene rings is 2. The molecule has 2 heterocycles. The van der Waals surface area contributed by atoms with Crippen molar-refractivity contribution in [2.75, 3.05) is 23.1 Å². The molecule has 0 bridgehead atoms. The van der Waals surface area contributed by atoms with E-state index in [2.05, 4.69) is 15.0 Å². The predicted octanol–water partition coefficient (Wildman–Crippen LogP) is 4.95. The van der Waals surface area contributed by atoms with Crippen LogP contribution in [0.4, 0.5) is 42.2 Å². The number of nitrogens with one attached hydrogen (secondary N) is 2. The van der Waals surface area contributed by atoms with Gasteiger partial charge in [0.15, 0.2) is 17.5 Å². The molecule has 1 fully saturated rings. The Hall–Kier alpha value is -3.44. The van der Waals surface area contributed by atoms with Gasteiger partial charge in [0.25, 0.3) is 10.0 Å². The number of anilines is 2. The zero-order valence-electron chi connectivity index (χ0n) is 19.5. The molecule has 3 N–H and O–H groups in total. The summed E-state index contributed by atoms with van der Waals surface area (Å²) >= 11 is 1.13. The summed E-state index contributed by atoms with van der Waals surface area (Å²) in [6.45, 7) is 1.43. The van der Waals surface area contributed by atoms with Crippen molar-refractivity contribution >= 4 is 38.8 Å². The van der Waals surface area contributed by atoms with E-state index in [1.807, 2.05) is 4.90 Å². The van der Waals surface area contributed by atoms with Crippen LogP contribution < -0.4 is 10.0 Å². The summed E-state index contributed by atoms with van der Waals surface area (Å²) in [6, 6.07) is 3.92. The van der Waals surface area contributed by atoms with Crippen LogP contribution in [0.5, 0.6) is 0 Å². The fraction of sp³-hybridized carbons (Fsp3) is 0.273. The third-order valence-corrected chi connectivity index (χ3v) is 7.31. The van der Waals surface area contributed by atoms with Crippen molar-refractivity contribution in [1.29, 1.82) is 0 Å². The maximum absolute atomic E-state index is 14.6. The minimum Gasteiger partial charge on any atom is -0.475 e. The first kappa shape index (κ1) is 30.1. The van der Waals surface area contributed by atoms with Crippen LogP contribution >= 0.6 is 11.3 Å². The minimum absolute atomic E-state index is 0.00129. The Morgan fingerprint density at radius 2 is 1.64 bits per heavy atom. The summed E-state index contributed by atoms with van der Waals surface area (Å²) in [5.41, 5.74) is 1.14. The van der Waals surface area contributed by atoms with E-state index in [4.69, 9.17) is 9.90 Å². The highest BCUT2D eigenvalue weighted by molar-refractivity contribution is 7.92. The second-order valence-electron chi connectivity index (χ2n) is 7.99. The predicted molar refractivity (Wildman–Crippen MR) is 127 cm³/mol. The molecule has 0 aliphatic carbocycles. The molecule has 0 radical (unpaired) electrons. The van der Waals surface area contributed by atoms with E-state index in [9.17, 15) is 39.2 Å². The summed E-state index contributed by atoms with van der Waals surface area (Å²) in [5.74, 6) is -7.09. The zero-order chi connectivity index (χ0) is 29.0. The number of thiazole rings is 1. The van der Waals surface area contributed by atoms with Crippen molar-refractivity contribution in [3.8, 4) is 0 Å². The second kappa shape index (κ2) is 12.2. The van der Waals surface area contributed by atoms with E-state index >= 15 is 0 Å². The molecule has 39 heavy (non-hydrogen) atoms. The third kappa shape index (κ3) is 7.57. The number of carboxylic acids is 1. The first-order chi connectivity index (χ1) is 18.2. The molecule has 0 amide bonds. The van der Waals surface area contributed by atoms with Gasteiger partial charge in [0, 0.05) is 29.6 Å². The van der Waals surface area contributed by atoms with Crippen molar-refractivity contribution in [3.05, 3.63) is 69.6 Å². The molecule has 8 nitrogen and oxygen atoms in total. The highest BCUT2D eigenvalue weighted by Crippen LogP contribution is 2.28. The number of hydrogen-bond acceptors (Lipinski definition) is 7. The number of sulfonamides is 1. The van der Waals surface area contributed by atoms with Crippen molar-refractivity contribution < 1.29 is 49.1 Å². The van der Waals surface area contributed by atoms with E-state index in [-0.39, 0.29) is 35.7 Å². The standard InChI is InChI=1S/C20H18F4N4O2S2.C2HF3O2/c21-14-2-3-15(22)13(9-28-6-1-7-28)12(14)8-25-16-4-5-17(20(24)19(16)23)32(29,30)27-18-10-31-11-26-18;3-2(4,5)1(6)7/h2-5,10-11,25,27H,1,6-9H2;(H,6,7). The van der Waals surface area contributed by atoms with Crippen molar-refractivity contribution in [2.45, 2.75) is 30.6 Å². The van der Waals surface area contributed by atoms with Crippen LogP contribution in [0, 0.1) is 23.3 Å². The monoisotopic (exact) mass is 600 g/mol. The normalized spacial score (nSPS) is 13.7. The Morgan fingerprint density at radius 3 is 2.15 bits per heavy atom. The van der Waals surface area contributed by atoms with Gasteiger partial charge in [-0.1, -0.05) is 0 Å². The van der Waals surface area contributed by atoms with Gasteiger partial charge < -0.3 is 10.4 Å². The summed E-state index contributed by atoms with van der Waals surface area (Å²) in [5, 5.41) is 11.1. The van der Waals surface area contributed by atoms with E-state index in [0.29, 0.717) is 0 Å². The SMILES string of the molecule is O=C(O)C(F)(F)F.O=S(=O)(Nc1cscn1)c1ccc(NCc2c(F)ccc(F)c2CN2CCC2)c(F)c1F. The number of carbonyl (C=O) groups is 1. The van der Waals surface area contributed by atoms with E-state index in [1.165, 1.54) is 10.9 Å². The molecule has 1 aliphatic rings. The lowest BCUT2D eigenvalue weighted by atomic mass is 10.0. The molecule has 2 aromatic carbocycles.